The van der Waals surface area contributed by atoms with Crippen LogP contribution in [-0.4, -0.2) is 10.7 Å². The molecule has 0 aromatic rings. The lowest BCUT2D eigenvalue weighted by Crippen LogP contribution is -2.34. The Morgan fingerprint density at radius 1 is 0.966 bits per heavy atom. The summed E-state index contributed by atoms with van der Waals surface area (Å²) in [5.74, 6) is 6.79. The fourth-order valence-corrected chi connectivity index (χ4v) is 4.23. The molecule has 1 rings (SSSR count). The molecule has 1 aliphatic rings. The van der Waals surface area contributed by atoms with E-state index in [9.17, 15) is 5.11 Å². The maximum Gasteiger partial charge on any atom is 0.147 e. The summed E-state index contributed by atoms with van der Waals surface area (Å²) >= 11 is 0. The highest BCUT2D eigenvalue weighted by Gasteiger charge is 2.33. The van der Waals surface area contributed by atoms with E-state index in [2.05, 4.69) is 38.3 Å². The molecule has 2 atom stereocenters. The Balaban J connectivity index is 2.00. The molecular weight excluding hydrogens is 352 g/mol. The minimum absolute atomic E-state index is 0.360. The first-order chi connectivity index (χ1) is 14.0. The van der Waals surface area contributed by atoms with Gasteiger partial charge >= 0.3 is 0 Å². The van der Waals surface area contributed by atoms with Gasteiger partial charge in [-0.1, -0.05) is 120 Å². The van der Waals surface area contributed by atoms with Crippen molar-refractivity contribution in [2.24, 2.45) is 5.92 Å². The fraction of sp³-hybridized carbons (Fsp3) is 0.786. The topological polar surface area (TPSA) is 20.2 Å². The van der Waals surface area contributed by atoms with Crippen molar-refractivity contribution in [2.75, 3.05) is 0 Å². The number of rotatable bonds is 15. The van der Waals surface area contributed by atoms with Crippen LogP contribution < -0.4 is 0 Å². The predicted molar refractivity (Wildman–Crippen MR) is 129 cm³/mol. The summed E-state index contributed by atoms with van der Waals surface area (Å²) in [4.78, 5) is 0. The molecule has 0 fully saturated rings. The van der Waals surface area contributed by atoms with Crippen LogP contribution in [-0.2, 0) is 0 Å². The van der Waals surface area contributed by atoms with Crippen LogP contribution in [0.2, 0.25) is 0 Å². The van der Waals surface area contributed by atoms with E-state index in [0.717, 1.165) is 30.4 Å². The molecule has 166 valence electrons. The van der Waals surface area contributed by atoms with Crippen molar-refractivity contribution >= 4 is 0 Å². The summed E-state index contributed by atoms with van der Waals surface area (Å²) in [5, 5.41) is 10.9. The van der Waals surface area contributed by atoms with Gasteiger partial charge in [0.25, 0.3) is 0 Å². The van der Waals surface area contributed by atoms with E-state index in [1.165, 1.54) is 83.5 Å². The van der Waals surface area contributed by atoms with Crippen molar-refractivity contribution < 1.29 is 5.11 Å². The molecule has 1 N–H and O–H groups in total. The number of unbranched alkanes of at least 4 members (excludes halogenated alkanes) is 14. The van der Waals surface area contributed by atoms with Crippen molar-refractivity contribution in [2.45, 2.75) is 136 Å². The van der Waals surface area contributed by atoms with Crippen LogP contribution >= 0.6 is 0 Å². The molecule has 0 amide bonds. The molecule has 0 heterocycles. The maximum absolute atomic E-state index is 10.9. The van der Waals surface area contributed by atoms with Gasteiger partial charge in [0.2, 0.25) is 0 Å². The second-order valence-electron chi connectivity index (χ2n) is 9.38. The minimum Gasteiger partial charge on any atom is -0.374 e. The summed E-state index contributed by atoms with van der Waals surface area (Å²) in [5.41, 5.74) is 1.24. The van der Waals surface area contributed by atoms with Crippen LogP contribution in [0.4, 0.5) is 0 Å². The van der Waals surface area contributed by atoms with Crippen LogP contribution in [0.15, 0.2) is 23.8 Å². The van der Waals surface area contributed by atoms with Gasteiger partial charge in [0, 0.05) is 6.42 Å². The molecule has 0 bridgehead atoms. The second-order valence-corrected chi connectivity index (χ2v) is 9.38. The summed E-state index contributed by atoms with van der Waals surface area (Å²) in [6.07, 6.45) is 24.1. The summed E-state index contributed by atoms with van der Waals surface area (Å²) in [6.45, 7) is 10.4. The molecule has 29 heavy (non-hydrogen) atoms. The highest BCUT2D eigenvalue weighted by molar-refractivity contribution is 5.33. The van der Waals surface area contributed by atoms with E-state index >= 15 is 0 Å². The third kappa shape index (κ3) is 11.7. The molecule has 0 aromatic heterocycles. The third-order valence-corrected chi connectivity index (χ3v) is 6.55. The molecule has 1 nitrogen and oxygen atoms in total. The molecule has 2 unspecified atom stereocenters. The number of aliphatic hydroxyl groups is 1. The standard InChI is InChI=1S/C28H48O/c1-5-6-7-8-9-10-11-12-13-14-15-16-17-18-19-20-23-28(29)24-27(25(2)3)22-21-26(28)4/h21,27,29H,2,5-19,22,24H2,1,3-4H3. The number of hydrogen-bond acceptors (Lipinski definition) is 1. The molecule has 1 aliphatic carbocycles. The van der Waals surface area contributed by atoms with Gasteiger partial charge in [-0.05, 0) is 44.6 Å². The second kappa shape index (κ2) is 15.8. The number of hydrogen-bond donors (Lipinski definition) is 1. The molecule has 1 heteroatoms. The van der Waals surface area contributed by atoms with E-state index in [4.69, 9.17) is 0 Å². The Hall–Kier alpha value is -1.00. The highest BCUT2D eigenvalue weighted by Crippen LogP contribution is 2.35. The zero-order valence-electron chi connectivity index (χ0n) is 19.8. The van der Waals surface area contributed by atoms with Gasteiger partial charge in [-0.2, -0.15) is 0 Å². The summed E-state index contributed by atoms with van der Waals surface area (Å²) in [6, 6.07) is 0. The lowest BCUT2D eigenvalue weighted by Gasteiger charge is -2.33. The van der Waals surface area contributed by atoms with Crippen molar-refractivity contribution in [1.29, 1.82) is 0 Å². The van der Waals surface area contributed by atoms with E-state index in [1.54, 1.807) is 0 Å². The molecule has 0 saturated carbocycles. The summed E-state index contributed by atoms with van der Waals surface area (Å²) in [7, 11) is 0. The minimum atomic E-state index is -0.933. The normalized spacial score (nSPS) is 21.4. The Morgan fingerprint density at radius 3 is 1.93 bits per heavy atom. The van der Waals surface area contributed by atoms with Crippen molar-refractivity contribution in [3.05, 3.63) is 23.8 Å². The van der Waals surface area contributed by atoms with Gasteiger partial charge in [-0.3, -0.25) is 0 Å². The first-order valence-corrected chi connectivity index (χ1v) is 12.5. The zero-order chi connectivity index (χ0) is 21.4. The van der Waals surface area contributed by atoms with Crippen molar-refractivity contribution in [3.63, 3.8) is 0 Å². The Bertz CT molecular complexity index is 532. The van der Waals surface area contributed by atoms with Gasteiger partial charge in [0.15, 0.2) is 0 Å². The van der Waals surface area contributed by atoms with Crippen molar-refractivity contribution in [1.82, 2.24) is 0 Å². The van der Waals surface area contributed by atoms with Crippen LogP contribution in [0, 0.1) is 17.8 Å². The lowest BCUT2D eigenvalue weighted by atomic mass is 9.76. The number of allylic oxidation sites excluding steroid dienone is 2. The lowest BCUT2D eigenvalue weighted by molar-refractivity contribution is 0.107. The van der Waals surface area contributed by atoms with Gasteiger partial charge in [-0.15, -0.1) is 0 Å². The molecule has 0 aliphatic heterocycles. The van der Waals surface area contributed by atoms with Crippen LogP contribution in [0.3, 0.4) is 0 Å². The van der Waals surface area contributed by atoms with E-state index in [-0.39, 0.29) is 0 Å². The Kier molecular flexibility index (Phi) is 14.2. The van der Waals surface area contributed by atoms with Crippen LogP contribution in [0.25, 0.3) is 0 Å². The van der Waals surface area contributed by atoms with Crippen LogP contribution in [0.5, 0.6) is 0 Å². The monoisotopic (exact) mass is 400 g/mol. The van der Waals surface area contributed by atoms with Gasteiger partial charge in [0.1, 0.15) is 5.60 Å². The Labute approximate surface area is 182 Å². The molecule has 0 spiro atoms. The largest absolute Gasteiger partial charge is 0.374 e. The predicted octanol–water partition coefficient (Wildman–Crippen LogP) is 8.52. The van der Waals surface area contributed by atoms with E-state index in [1.807, 2.05) is 6.92 Å². The van der Waals surface area contributed by atoms with Gasteiger partial charge in [-0.25, -0.2) is 0 Å². The van der Waals surface area contributed by atoms with Crippen molar-refractivity contribution in [3.8, 4) is 11.8 Å². The molecule has 0 saturated heterocycles. The quantitative estimate of drug-likeness (QED) is 0.166. The van der Waals surface area contributed by atoms with E-state index in [0.29, 0.717) is 12.3 Å². The maximum atomic E-state index is 10.9. The van der Waals surface area contributed by atoms with Crippen LogP contribution in [0.1, 0.15) is 130 Å². The molecule has 0 aromatic carbocycles. The molecular formula is C28H48O. The summed E-state index contributed by atoms with van der Waals surface area (Å²) < 4.78 is 0. The SMILES string of the molecule is C=C(C)C1CC=C(C)C(O)(C#CCCCCCCCCCCCCCCCC)C1. The molecule has 0 radical (unpaired) electrons. The Morgan fingerprint density at radius 2 is 1.45 bits per heavy atom. The fourth-order valence-electron chi connectivity index (χ4n) is 4.23. The van der Waals surface area contributed by atoms with Gasteiger partial charge < -0.3 is 5.11 Å². The van der Waals surface area contributed by atoms with Gasteiger partial charge in [0.05, 0.1) is 0 Å². The average molecular weight is 401 g/mol. The highest BCUT2D eigenvalue weighted by atomic mass is 16.3. The van der Waals surface area contributed by atoms with E-state index < -0.39 is 5.60 Å². The third-order valence-electron chi connectivity index (χ3n) is 6.55. The zero-order valence-corrected chi connectivity index (χ0v) is 19.8. The first-order valence-electron chi connectivity index (χ1n) is 12.5. The first kappa shape index (κ1) is 26.0. The smallest absolute Gasteiger partial charge is 0.147 e. The average Bonchev–Trinajstić information content (AvgIpc) is 2.69.